The summed E-state index contributed by atoms with van der Waals surface area (Å²) in [6.45, 7) is 0. The van der Waals surface area contributed by atoms with E-state index < -0.39 is 24.2 Å². The third-order valence-corrected chi connectivity index (χ3v) is 9.40. The van der Waals surface area contributed by atoms with Crippen molar-refractivity contribution in [2.75, 3.05) is 0 Å². The van der Waals surface area contributed by atoms with Gasteiger partial charge in [0.1, 0.15) is 11.2 Å². The van der Waals surface area contributed by atoms with Gasteiger partial charge in [0.15, 0.2) is 0 Å². The monoisotopic (exact) mass is 630 g/mol. The van der Waals surface area contributed by atoms with Crippen LogP contribution in [0.15, 0.2) is 186 Å². The molecule has 0 fully saturated rings. The van der Waals surface area contributed by atoms with Crippen molar-refractivity contribution in [2.24, 2.45) is 0 Å². The number of rotatable bonds is 4. The van der Waals surface area contributed by atoms with Gasteiger partial charge in [-0.1, -0.05) is 164 Å². The van der Waals surface area contributed by atoms with E-state index in [1.54, 1.807) is 30.3 Å². The molecule has 1 heterocycles. The Hall–Kier alpha value is -6.44. The summed E-state index contributed by atoms with van der Waals surface area (Å²) in [6.07, 6.45) is 0. The summed E-state index contributed by atoms with van der Waals surface area (Å²) in [5, 5.41) is 7.34. The molecular weight excluding hydrogens is 593 g/mol. The van der Waals surface area contributed by atoms with Crippen LogP contribution in [0.25, 0.3) is 98.8 Å². The van der Waals surface area contributed by atoms with Gasteiger partial charge in [-0.15, -0.1) is 0 Å². The highest BCUT2D eigenvalue weighted by Gasteiger charge is 2.18. The van der Waals surface area contributed by atoms with Gasteiger partial charge < -0.3 is 4.42 Å². The van der Waals surface area contributed by atoms with Crippen molar-refractivity contribution in [2.45, 2.75) is 0 Å². The predicted molar refractivity (Wildman–Crippen MR) is 208 cm³/mol. The molecule has 0 N–H and O–H groups in total. The molecule has 0 unspecified atom stereocenters. The van der Waals surface area contributed by atoms with Crippen molar-refractivity contribution in [1.82, 2.24) is 0 Å². The normalized spacial score (nSPS) is 14.0. The Kier molecular flexibility index (Phi) is 4.69. The molecule has 0 radical (unpaired) electrons. The van der Waals surface area contributed by atoms with Crippen LogP contribution in [0, 0.1) is 0 Å². The molecule has 0 aliphatic carbocycles. The summed E-state index contributed by atoms with van der Waals surface area (Å²) < 4.78 is 79.6. The first-order valence-corrected chi connectivity index (χ1v) is 16.2. The molecule has 228 valence electrons. The summed E-state index contributed by atoms with van der Waals surface area (Å²) in [6, 6.07) is 39.7. The van der Waals surface area contributed by atoms with E-state index in [0.29, 0.717) is 11.1 Å². The average Bonchev–Trinajstić information content (AvgIpc) is 3.62. The summed E-state index contributed by atoms with van der Waals surface area (Å²) >= 11 is 0. The van der Waals surface area contributed by atoms with E-state index in [4.69, 9.17) is 9.90 Å². The molecule has 0 atom stereocenters. The van der Waals surface area contributed by atoms with Gasteiger partial charge in [0, 0.05) is 16.2 Å². The van der Waals surface area contributed by atoms with E-state index in [0.717, 1.165) is 65.4 Å². The van der Waals surface area contributed by atoms with Crippen LogP contribution in [0.1, 0.15) is 11.0 Å². The van der Waals surface area contributed by atoms with Gasteiger partial charge in [0.05, 0.1) is 11.0 Å². The Morgan fingerprint density at radius 3 is 1.41 bits per heavy atom. The molecule has 49 heavy (non-hydrogen) atoms. The lowest BCUT2D eigenvalue weighted by Gasteiger charge is -2.18. The van der Waals surface area contributed by atoms with Gasteiger partial charge in [-0.2, -0.15) is 0 Å². The number of hydrogen-bond acceptors (Lipinski definition) is 1. The highest BCUT2D eigenvalue weighted by atomic mass is 16.3. The van der Waals surface area contributed by atoms with Gasteiger partial charge in [-0.3, -0.25) is 0 Å². The fourth-order valence-corrected chi connectivity index (χ4v) is 7.12. The summed E-state index contributed by atoms with van der Waals surface area (Å²) in [7, 11) is 0. The highest BCUT2D eigenvalue weighted by Crippen LogP contribution is 2.45. The van der Waals surface area contributed by atoms with E-state index in [1.165, 1.54) is 0 Å². The van der Waals surface area contributed by atoms with Crippen LogP contribution < -0.4 is 0 Å². The van der Waals surface area contributed by atoms with E-state index in [2.05, 4.69) is 42.5 Å². The minimum Gasteiger partial charge on any atom is -0.455 e. The molecule has 0 spiro atoms. The van der Waals surface area contributed by atoms with E-state index in [-0.39, 0.29) is 46.4 Å². The minimum absolute atomic E-state index is 0.0866. The zero-order valence-electron chi connectivity index (χ0n) is 34.1. The molecule has 1 heteroatoms. The standard InChI is InChI=1S/C48H30O/c1-2-10-31(11-3-1)32-18-20-33(21-19-32)34-22-24-36(25-23-34)46-40-14-6-8-16-42(40)47(43-17-9-7-15-41(43)46)37-27-28-39-44-29-26-35-12-4-5-13-38(35)48(44)49-45(39)30-37/h1-30H/i18D,19D,20D,21D,22D,23D,24D,25D. The molecule has 0 saturated heterocycles. The van der Waals surface area contributed by atoms with Crippen LogP contribution in [0.3, 0.4) is 0 Å². The van der Waals surface area contributed by atoms with Crippen LogP contribution in [-0.4, -0.2) is 0 Å². The quantitative estimate of drug-likeness (QED) is 0.176. The predicted octanol–water partition coefficient (Wildman–Crippen LogP) is 13.7. The molecule has 0 aliphatic rings. The van der Waals surface area contributed by atoms with Crippen molar-refractivity contribution in [1.29, 1.82) is 0 Å². The Morgan fingerprint density at radius 1 is 0.327 bits per heavy atom. The third-order valence-electron chi connectivity index (χ3n) is 9.40. The molecule has 0 aliphatic heterocycles. The molecule has 1 aromatic heterocycles. The fraction of sp³-hybridized carbons (Fsp3) is 0. The second-order valence-corrected chi connectivity index (χ2v) is 12.2. The Balaban J connectivity index is 1.21. The molecule has 9 aromatic carbocycles. The number of furan rings is 1. The lowest BCUT2D eigenvalue weighted by atomic mass is 9.85. The van der Waals surface area contributed by atoms with Crippen LogP contribution in [0.4, 0.5) is 0 Å². The van der Waals surface area contributed by atoms with Gasteiger partial charge >= 0.3 is 0 Å². The number of fused-ring (bicyclic) bond motifs is 7. The van der Waals surface area contributed by atoms with Crippen LogP contribution in [0.5, 0.6) is 0 Å². The van der Waals surface area contributed by atoms with Crippen LogP contribution >= 0.6 is 0 Å². The SMILES string of the molecule is [2H]c1c([2H])c(-c2c([2H])c([2H])c(-c3c4ccccc4c(-c4ccc5c(c4)oc4c6ccccc6ccc54)c4ccccc34)c([2H])c2[2H])c([2H])c([2H])c1-c1ccccc1. The first-order chi connectivity index (χ1) is 27.7. The van der Waals surface area contributed by atoms with E-state index in [9.17, 15) is 5.48 Å². The maximum Gasteiger partial charge on any atom is 0.143 e. The first kappa shape index (κ1) is 20.7. The van der Waals surface area contributed by atoms with Gasteiger partial charge in [0.25, 0.3) is 0 Å². The molecule has 1 nitrogen and oxygen atoms in total. The zero-order chi connectivity index (χ0) is 39.3. The number of hydrogen-bond donors (Lipinski definition) is 0. The Bertz CT molecular complexity index is 3220. The molecule has 0 amide bonds. The Labute approximate surface area is 295 Å². The average molecular weight is 631 g/mol. The topological polar surface area (TPSA) is 13.1 Å². The maximum atomic E-state index is 9.44. The number of benzene rings is 9. The smallest absolute Gasteiger partial charge is 0.143 e. The van der Waals surface area contributed by atoms with Crippen molar-refractivity contribution in [3.63, 3.8) is 0 Å². The molecule has 0 bridgehead atoms. The summed E-state index contributed by atoms with van der Waals surface area (Å²) in [5.74, 6) is 0. The van der Waals surface area contributed by atoms with Gasteiger partial charge in [0.2, 0.25) is 0 Å². The molecule has 0 saturated carbocycles. The van der Waals surface area contributed by atoms with E-state index in [1.807, 2.05) is 60.7 Å². The summed E-state index contributed by atoms with van der Waals surface area (Å²) in [4.78, 5) is 0. The zero-order valence-corrected chi connectivity index (χ0v) is 26.1. The summed E-state index contributed by atoms with van der Waals surface area (Å²) in [5.41, 5.74) is 4.11. The van der Waals surface area contributed by atoms with Crippen molar-refractivity contribution < 1.29 is 15.4 Å². The fourth-order valence-electron chi connectivity index (χ4n) is 7.12. The van der Waals surface area contributed by atoms with Crippen LogP contribution in [-0.2, 0) is 0 Å². The lowest BCUT2D eigenvalue weighted by molar-refractivity contribution is 0.673. The molecule has 10 rings (SSSR count). The highest BCUT2D eigenvalue weighted by molar-refractivity contribution is 6.22. The Morgan fingerprint density at radius 2 is 0.796 bits per heavy atom. The second-order valence-electron chi connectivity index (χ2n) is 12.2. The van der Waals surface area contributed by atoms with Gasteiger partial charge in [-0.05, 0) is 89.6 Å². The third kappa shape index (κ3) is 4.47. The maximum absolute atomic E-state index is 9.44. The van der Waals surface area contributed by atoms with Crippen molar-refractivity contribution >= 4 is 54.3 Å². The molecule has 10 aromatic rings. The second kappa shape index (κ2) is 11.1. The van der Waals surface area contributed by atoms with Crippen molar-refractivity contribution in [3.05, 3.63) is 182 Å². The van der Waals surface area contributed by atoms with Gasteiger partial charge in [-0.25, -0.2) is 0 Å². The van der Waals surface area contributed by atoms with Crippen molar-refractivity contribution in [3.8, 4) is 44.5 Å². The lowest BCUT2D eigenvalue weighted by Crippen LogP contribution is -1.91. The van der Waals surface area contributed by atoms with E-state index >= 15 is 0 Å². The minimum atomic E-state index is -0.445. The van der Waals surface area contributed by atoms with Crippen LogP contribution in [0.2, 0.25) is 0 Å². The first-order valence-electron chi connectivity index (χ1n) is 20.2. The molecular formula is C48H30O. The largest absolute Gasteiger partial charge is 0.455 e.